The fourth-order valence-electron chi connectivity index (χ4n) is 1.40. The Labute approximate surface area is 104 Å². The average molecular weight is 318 g/mol. The number of rotatable bonds is 5. The molecule has 0 spiro atoms. The molecule has 1 aromatic rings. The third-order valence-electron chi connectivity index (χ3n) is 2.48. The summed E-state index contributed by atoms with van der Waals surface area (Å²) in [5.74, 6) is 0.974. The molecule has 1 aromatic carbocycles. The van der Waals surface area contributed by atoms with Gasteiger partial charge in [0.1, 0.15) is 5.75 Å². The molecule has 1 aliphatic heterocycles. The SMILES string of the molecule is Cc1ccc(OCCCC2CO2)cc1I. The van der Waals surface area contributed by atoms with E-state index in [2.05, 4.69) is 41.6 Å². The van der Waals surface area contributed by atoms with Crippen molar-refractivity contribution in [2.75, 3.05) is 13.2 Å². The molecular formula is C12H15IO2. The second-order valence-electron chi connectivity index (χ2n) is 3.86. The smallest absolute Gasteiger partial charge is 0.120 e. The summed E-state index contributed by atoms with van der Waals surface area (Å²) in [6, 6.07) is 6.22. The number of hydrogen-bond donors (Lipinski definition) is 0. The lowest BCUT2D eigenvalue weighted by molar-refractivity contribution is 0.293. The first-order valence-corrected chi connectivity index (χ1v) is 6.34. The van der Waals surface area contributed by atoms with Crippen molar-refractivity contribution in [1.82, 2.24) is 0 Å². The highest BCUT2D eigenvalue weighted by molar-refractivity contribution is 14.1. The lowest BCUT2D eigenvalue weighted by Crippen LogP contribution is -1.99. The van der Waals surface area contributed by atoms with E-state index in [4.69, 9.17) is 9.47 Å². The molecule has 0 aliphatic carbocycles. The Kier molecular flexibility index (Phi) is 3.86. The van der Waals surface area contributed by atoms with Gasteiger partial charge in [-0.1, -0.05) is 6.07 Å². The summed E-state index contributed by atoms with van der Waals surface area (Å²) < 4.78 is 12.1. The summed E-state index contributed by atoms with van der Waals surface area (Å²) in [5.41, 5.74) is 1.30. The molecule has 1 heterocycles. The van der Waals surface area contributed by atoms with Crippen LogP contribution in [0.3, 0.4) is 0 Å². The summed E-state index contributed by atoms with van der Waals surface area (Å²) in [6.45, 7) is 3.84. The van der Waals surface area contributed by atoms with E-state index in [1.165, 1.54) is 9.13 Å². The monoisotopic (exact) mass is 318 g/mol. The molecule has 1 atom stereocenters. The van der Waals surface area contributed by atoms with E-state index in [0.29, 0.717) is 6.10 Å². The topological polar surface area (TPSA) is 21.8 Å². The zero-order chi connectivity index (χ0) is 10.7. The number of hydrogen-bond acceptors (Lipinski definition) is 2. The summed E-state index contributed by atoms with van der Waals surface area (Å²) >= 11 is 2.33. The zero-order valence-corrected chi connectivity index (χ0v) is 11.0. The predicted molar refractivity (Wildman–Crippen MR) is 68.4 cm³/mol. The van der Waals surface area contributed by atoms with Crippen molar-refractivity contribution in [2.24, 2.45) is 0 Å². The zero-order valence-electron chi connectivity index (χ0n) is 8.83. The largest absolute Gasteiger partial charge is 0.494 e. The van der Waals surface area contributed by atoms with E-state index in [0.717, 1.165) is 31.8 Å². The minimum atomic E-state index is 0.520. The maximum atomic E-state index is 5.66. The molecule has 1 saturated heterocycles. The molecule has 0 aromatic heterocycles. The Morgan fingerprint density at radius 1 is 1.53 bits per heavy atom. The maximum absolute atomic E-state index is 5.66. The molecule has 3 heteroatoms. The first-order chi connectivity index (χ1) is 7.25. The number of ether oxygens (including phenoxy) is 2. The van der Waals surface area contributed by atoms with Crippen LogP contribution in [0.25, 0.3) is 0 Å². The van der Waals surface area contributed by atoms with Gasteiger partial charge in [0.25, 0.3) is 0 Å². The van der Waals surface area contributed by atoms with Gasteiger partial charge in [0.2, 0.25) is 0 Å². The van der Waals surface area contributed by atoms with E-state index in [-0.39, 0.29) is 0 Å². The van der Waals surface area contributed by atoms with Crippen molar-refractivity contribution >= 4 is 22.6 Å². The summed E-state index contributed by atoms with van der Waals surface area (Å²) in [5, 5.41) is 0. The summed E-state index contributed by atoms with van der Waals surface area (Å²) in [4.78, 5) is 0. The second kappa shape index (κ2) is 5.16. The number of benzene rings is 1. The van der Waals surface area contributed by atoms with Crippen molar-refractivity contribution in [3.8, 4) is 5.75 Å². The van der Waals surface area contributed by atoms with Crippen molar-refractivity contribution in [2.45, 2.75) is 25.9 Å². The number of aryl methyl sites for hydroxylation is 1. The molecule has 1 aliphatic rings. The highest BCUT2D eigenvalue weighted by Gasteiger charge is 2.21. The second-order valence-corrected chi connectivity index (χ2v) is 5.02. The lowest BCUT2D eigenvalue weighted by Gasteiger charge is -2.06. The number of epoxide rings is 1. The molecule has 82 valence electrons. The Morgan fingerprint density at radius 3 is 3.00 bits per heavy atom. The molecule has 1 fully saturated rings. The summed E-state index contributed by atoms with van der Waals surface area (Å²) in [6.07, 6.45) is 2.73. The highest BCUT2D eigenvalue weighted by Crippen LogP contribution is 2.20. The Hall–Kier alpha value is -0.290. The first kappa shape index (κ1) is 11.2. The van der Waals surface area contributed by atoms with Crippen LogP contribution in [0, 0.1) is 10.5 Å². The first-order valence-electron chi connectivity index (χ1n) is 5.26. The van der Waals surface area contributed by atoms with Crippen LogP contribution < -0.4 is 4.74 Å². The van der Waals surface area contributed by atoms with E-state index >= 15 is 0 Å². The van der Waals surface area contributed by atoms with Gasteiger partial charge >= 0.3 is 0 Å². The Balaban J connectivity index is 1.74. The third-order valence-corrected chi connectivity index (χ3v) is 3.65. The van der Waals surface area contributed by atoms with Gasteiger partial charge in [0, 0.05) is 3.57 Å². The lowest BCUT2D eigenvalue weighted by atomic mass is 10.2. The van der Waals surface area contributed by atoms with Gasteiger partial charge in [-0.05, 0) is 60.1 Å². The molecular weight excluding hydrogens is 303 g/mol. The highest BCUT2D eigenvalue weighted by atomic mass is 127. The minimum Gasteiger partial charge on any atom is -0.494 e. The van der Waals surface area contributed by atoms with Crippen molar-refractivity contribution in [1.29, 1.82) is 0 Å². The van der Waals surface area contributed by atoms with Crippen LogP contribution in [-0.4, -0.2) is 19.3 Å². The van der Waals surface area contributed by atoms with Crippen LogP contribution in [-0.2, 0) is 4.74 Å². The third kappa shape index (κ3) is 3.65. The molecule has 1 unspecified atom stereocenters. The Bertz CT molecular complexity index is 334. The quantitative estimate of drug-likeness (QED) is 0.473. The van der Waals surface area contributed by atoms with Gasteiger partial charge in [-0.3, -0.25) is 0 Å². The fraction of sp³-hybridized carbons (Fsp3) is 0.500. The molecule has 0 amide bonds. The predicted octanol–water partition coefficient (Wildman–Crippen LogP) is 3.16. The van der Waals surface area contributed by atoms with E-state index in [1.54, 1.807) is 0 Å². The van der Waals surface area contributed by atoms with Gasteiger partial charge in [0.15, 0.2) is 0 Å². The van der Waals surface area contributed by atoms with Crippen LogP contribution >= 0.6 is 22.6 Å². The standard InChI is InChI=1S/C12H15IO2/c1-9-4-5-10(7-12(9)13)14-6-2-3-11-8-15-11/h4-5,7,11H,2-3,6,8H2,1H3. The normalized spacial score (nSPS) is 18.9. The van der Waals surface area contributed by atoms with Crippen molar-refractivity contribution < 1.29 is 9.47 Å². The van der Waals surface area contributed by atoms with Crippen LogP contribution in [0.1, 0.15) is 18.4 Å². The van der Waals surface area contributed by atoms with Crippen molar-refractivity contribution in [3.05, 3.63) is 27.3 Å². The molecule has 2 nitrogen and oxygen atoms in total. The molecule has 15 heavy (non-hydrogen) atoms. The van der Waals surface area contributed by atoms with Crippen LogP contribution in [0.4, 0.5) is 0 Å². The van der Waals surface area contributed by atoms with Gasteiger partial charge < -0.3 is 9.47 Å². The van der Waals surface area contributed by atoms with Crippen LogP contribution in [0.2, 0.25) is 0 Å². The van der Waals surface area contributed by atoms with Gasteiger partial charge in [-0.25, -0.2) is 0 Å². The molecule has 0 radical (unpaired) electrons. The van der Waals surface area contributed by atoms with Gasteiger partial charge in [-0.15, -0.1) is 0 Å². The van der Waals surface area contributed by atoms with Crippen molar-refractivity contribution in [3.63, 3.8) is 0 Å². The number of halogens is 1. The maximum Gasteiger partial charge on any atom is 0.120 e. The van der Waals surface area contributed by atoms with Gasteiger partial charge in [0.05, 0.1) is 19.3 Å². The fourth-order valence-corrected chi connectivity index (χ4v) is 1.89. The van der Waals surface area contributed by atoms with Crippen LogP contribution in [0.15, 0.2) is 18.2 Å². The Morgan fingerprint density at radius 2 is 2.33 bits per heavy atom. The molecule has 0 N–H and O–H groups in total. The van der Waals surface area contributed by atoms with Crippen LogP contribution in [0.5, 0.6) is 5.75 Å². The molecule has 0 bridgehead atoms. The summed E-state index contributed by atoms with van der Waals surface area (Å²) in [7, 11) is 0. The average Bonchev–Trinajstić information content (AvgIpc) is 3.02. The minimum absolute atomic E-state index is 0.520. The molecule has 2 rings (SSSR count). The van der Waals surface area contributed by atoms with Gasteiger partial charge in [-0.2, -0.15) is 0 Å². The molecule has 0 saturated carbocycles. The van der Waals surface area contributed by atoms with E-state index in [9.17, 15) is 0 Å². The van der Waals surface area contributed by atoms with E-state index < -0.39 is 0 Å². The van der Waals surface area contributed by atoms with E-state index in [1.807, 2.05) is 6.07 Å².